The Labute approximate surface area is 154 Å². The molecule has 0 saturated carbocycles. The number of carboxylic acid groups (broad SMARTS) is 1. The molecule has 0 saturated heterocycles. The first kappa shape index (κ1) is 21.9. The van der Waals surface area contributed by atoms with Crippen LogP contribution in [0.1, 0.15) is 57.9 Å². The lowest BCUT2D eigenvalue weighted by atomic mass is 10.0. The molecule has 1 atom stereocenters. The Morgan fingerprint density at radius 1 is 1.23 bits per heavy atom. The van der Waals surface area contributed by atoms with Crippen LogP contribution in [-0.2, 0) is 11.2 Å². The second-order valence-electron chi connectivity index (χ2n) is 6.37. The Morgan fingerprint density at radius 2 is 1.92 bits per heavy atom. The number of aliphatic carboxylic acids is 1. The molecule has 0 aromatic heterocycles. The van der Waals surface area contributed by atoms with E-state index in [1.165, 1.54) is 6.07 Å². The zero-order chi connectivity index (χ0) is 19.4. The van der Waals surface area contributed by atoms with Gasteiger partial charge >= 0.3 is 11.7 Å². The fourth-order valence-corrected chi connectivity index (χ4v) is 2.62. The van der Waals surface area contributed by atoms with Crippen molar-refractivity contribution in [3.8, 4) is 5.75 Å². The van der Waals surface area contributed by atoms with Crippen molar-refractivity contribution in [3.63, 3.8) is 0 Å². The quantitative estimate of drug-likeness (QED) is 0.294. The van der Waals surface area contributed by atoms with Gasteiger partial charge in [-0.3, -0.25) is 14.9 Å². The lowest BCUT2D eigenvalue weighted by Gasteiger charge is -2.15. The van der Waals surface area contributed by atoms with Crippen molar-refractivity contribution in [2.24, 2.45) is 0 Å². The SMILES string of the molecule is CCCCCN[C@@H](Cc1ccc(OCCCCC)c([N+](=O)[O-])c1)C(=O)O. The molecule has 146 valence electrons. The molecule has 7 nitrogen and oxygen atoms in total. The summed E-state index contributed by atoms with van der Waals surface area (Å²) in [6.45, 7) is 5.21. The van der Waals surface area contributed by atoms with Gasteiger partial charge in [0.25, 0.3) is 0 Å². The van der Waals surface area contributed by atoms with Crippen LogP contribution in [0.15, 0.2) is 18.2 Å². The topological polar surface area (TPSA) is 102 Å². The number of nitrogens with one attached hydrogen (secondary N) is 1. The summed E-state index contributed by atoms with van der Waals surface area (Å²) in [5.74, 6) is -0.721. The van der Waals surface area contributed by atoms with Crippen molar-refractivity contribution in [1.29, 1.82) is 0 Å². The Bertz CT molecular complexity index is 577. The molecule has 0 spiro atoms. The maximum atomic E-state index is 11.4. The lowest BCUT2D eigenvalue weighted by Crippen LogP contribution is -2.39. The van der Waals surface area contributed by atoms with Gasteiger partial charge < -0.3 is 15.2 Å². The van der Waals surface area contributed by atoms with Crippen molar-refractivity contribution in [2.75, 3.05) is 13.2 Å². The number of benzene rings is 1. The first-order chi connectivity index (χ1) is 12.5. The van der Waals surface area contributed by atoms with Crippen LogP contribution in [0.5, 0.6) is 5.75 Å². The van der Waals surface area contributed by atoms with Gasteiger partial charge in [0.2, 0.25) is 0 Å². The average Bonchev–Trinajstić information content (AvgIpc) is 2.61. The second kappa shape index (κ2) is 12.2. The molecule has 1 aromatic carbocycles. The van der Waals surface area contributed by atoms with Gasteiger partial charge in [0.15, 0.2) is 5.75 Å². The predicted octanol–water partition coefficient (Wildman–Crippen LogP) is 3.94. The van der Waals surface area contributed by atoms with E-state index < -0.39 is 16.9 Å². The second-order valence-corrected chi connectivity index (χ2v) is 6.37. The fourth-order valence-electron chi connectivity index (χ4n) is 2.62. The molecule has 0 radical (unpaired) electrons. The molecule has 0 aliphatic heterocycles. The smallest absolute Gasteiger partial charge is 0.321 e. The molecule has 1 aromatic rings. The number of rotatable bonds is 14. The van der Waals surface area contributed by atoms with Gasteiger partial charge in [-0.15, -0.1) is 0 Å². The monoisotopic (exact) mass is 366 g/mol. The maximum absolute atomic E-state index is 11.4. The zero-order valence-electron chi connectivity index (χ0n) is 15.7. The van der Waals surface area contributed by atoms with Gasteiger partial charge in [0.1, 0.15) is 6.04 Å². The number of nitrogens with zero attached hydrogens (tertiary/aromatic N) is 1. The van der Waals surface area contributed by atoms with Crippen LogP contribution in [-0.4, -0.2) is 35.2 Å². The summed E-state index contributed by atoms with van der Waals surface area (Å²) in [6.07, 6.45) is 6.10. The number of nitro benzene ring substituents is 1. The highest BCUT2D eigenvalue weighted by Gasteiger charge is 2.21. The van der Waals surface area contributed by atoms with E-state index in [0.717, 1.165) is 38.5 Å². The van der Waals surface area contributed by atoms with Crippen molar-refractivity contribution in [1.82, 2.24) is 5.32 Å². The number of carbonyl (C=O) groups is 1. The van der Waals surface area contributed by atoms with Crippen LogP contribution in [0.4, 0.5) is 5.69 Å². The maximum Gasteiger partial charge on any atom is 0.321 e. The summed E-state index contributed by atoms with van der Waals surface area (Å²) in [5, 5.41) is 23.7. The van der Waals surface area contributed by atoms with Gasteiger partial charge in [-0.1, -0.05) is 45.6 Å². The molecule has 0 fully saturated rings. The third kappa shape index (κ3) is 7.82. The standard InChI is InChI=1S/C19H30N2O5/c1-3-5-7-11-20-16(19(22)23)13-15-9-10-18(17(14-15)21(24)25)26-12-8-6-4-2/h9-10,14,16,20H,3-8,11-13H2,1-2H3,(H,22,23)/t16-/m0/s1. The van der Waals surface area contributed by atoms with Gasteiger partial charge in [-0.05, 0) is 37.4 Å². The Morgan fingerprint density at radius 3 is 2.54 bits per heavy atom. The molecule has 0 amide bonds. The van der Waals surface area contributed by atoms with Crippen molar-refractivity contribution in [2.45, 2.75) is 64.8 Å². The number of carboxylic acids is 1. The van der Waals surface area contributed by atoms with Crippen molar-refractivity contribution < 1.29 is 19.6 Å². The van der Waals surface area contributed by atoms with Gasteiger partial charge in [-0.25, -0.2) is 0 Å². The minimum absolute atomic E-state index is 0.117. The van der Waals surface area contributed by atoms with E-state index in [1.807, 2.05) is 0 Å². The number of hydrogen-bond acceptors (Lipinski definition) is 5. The third-order valence-corrected chi connectivity index (χ3v) is 4.13. The van der Waals surface area contributed by atoms with E-state index in [9.17, 15) is 20.0 Å². The van der Waals surface area contributed by atoms with Crippen molar-refractivity contribution >= 4 is 11.7 Å². The summed E-state index contributed by atoms with van der Waals surface area (Å²) < 4.78 is 5.53. The molecule has 0 heterocycles. The van der Waals surface area contributed by atoms with Crippen molar-refractivity contribution in [3.05, 3.63) is 33.9 Å². The van der Waals surface area contributed by atoms with Crippen LogP contribution in [0, 0.1) is 10.1 Å². The lowest BCUT2D eigenvalue weighted by molar-refractivity contribution is -0.385. The minimum atomic E-state index is -0.955. The zero-order valence-corrected chi connectivity index (χ0v) is 15.7. The summed E-state index contributed by atoms with van der Waals surface area (Å²) in [7, 11) is 0. The number of nitro groups is 1. The molecule has 1 rings (SSSR count). The van der Waals surface area contributed by atoms with E-state index in [4.69, 9.17) is 4.74 Å². The normalized spacial score (nSPS) is 11.9. The summed E-state index contributed by atoms with van der Waals surface area (Å²) in [6, 6.07) is 3.92. The number of ether oxygens (including phenoxy) is 1. The first-order valence-electron chi connectivity index (χ1n) is 9.35. The van der Waals surface area contributed by atoms with Gasteiger partial charge in [0, 0.05) is 6.07 Å². The van der Waals surface area contributed by atoms with Gasteiger partial charge in [0.05, 0.1) is 11.5 Å². The van der Waals surface area contributed by atoms with Gasteiger partial charge in [-0.2, -0.15) is 0 Å². The van der Waals surface area contributed by atoms with Crippen LogP contribution in [0.2, 0.25) is 0 Å². The minimum Gasteiger partial charge on any atom is -0.487 e. The summed E-state index contributed by atoms with van der Waals surface area (Å²) in [4.78, 5) is 22.3. The molecule has 0 bridgehead atoms. The Balaban J connectivity index is 2.76. The van der Waals surface area contributed by atoms with Crippen LogP contribution >= 0.6 is 0 Å². The van der Waals surface area contributed by atoms with E-state index in [2.05, 4.69) is 19.2 Å². The molecule has 0 unspecified atom stereocenters. The van der Waals surface area contributed by atoms with E-state index in [0.29, 0.717) is 18.7 Å². The molecule has 2 N–H and O–H groups in total. The van der Waals surface area contributed by atoms with Crippen LogP contribution in [0.25, 0.3) is 0 Å². The summed E-state index contributed by atoms with van der Waals surface area (Å²) in [5.41, 5.74) is 0.488. The molecule has 26 heavy (non-hydrogen) atoms. The molecule has 0 aliphatic carbocycles. The number of hydrogen-bond donors (Lipinski definition) is 2. The Kier molecular flexibility index (Phi) is 10.3. The van der Waals surface area contributed by atoms with Crippen LogP contribution < -0.4 is 10.1 Å². The van der Waals surface area contributed by atoms with E-state index in [1.54, 1.807) is 12.1 Å². The fraction of sp³-hybridized carbons (Fsp3) is 0.632. The third-order valence-electron chi connectivity index (χ3n) is 4.13. The largest absolute Gasteiger partial charge is 0.487 e. The summed E-state index contributed by atoms with van der Waals surface area (Å²) >= 11 is 0. The first-order valence-corrected chi connectivity index (χ1v) is 9.35. The van der Waals surface area contributed by atoms with E-state index in [-0.39, 0.29) is 17.9 Å². The number of unbranched alkanes of at least 4 members (excludes halogenated alkanes) is 4. The highest BCUT2D eigenvalue weighted by atomic mass is 16.6. The highest BCUT2D eigenvalue weighted by Crippen LogP contribution is 2.28. The molecular formula is C19H30N2O5. The molecule has 7 heteroatoms. The molecular weight excluding hydrogens is 336 g/mol. The molecule has 0 aliphatic rings. The van der Waals surface area contributed by atoms with E-state index >= 15 is 0 Å². The van der Waals surface area contributed by atoms with Crippen LogP contribution in [0.3, 0.4) is 0 Å². The average molecular weight is 366 g/mol. The predicted molar refractivity (Wildman–Crippen MR) is 101 cm³/mol. The Hall–Kier alpha value is -2.15. The highest BCUT2D eigenvalue weighted by molar-refractivity contribution is 5.74.